The Balaban J connectivity index is 0.000000405. The SMILES string of the molecule is CC1CC(OC(=O)C2CC2)CCC[C@H](NC(=O)OC(C)(C)C)C(=O)O1.Cc1ccc(F)cc1. The highest BCUT2D eigenvalue weighted by Gasteiger charge is 2.34. The van der Waals surface area contributed by atoms with E-state index in [4.69, 9.17) is 14.2 Å². The molecule has 1 N–H and O–H groups in total. The lowest BCUT2D eigenvalue weighted by molar-refractivity contribution is -0.156. The lowest BCUT2D eigenvalue weighted by Gasteiger charge is -2.23. The first-order chi connectivity index (χ1) is 15.4. The van der Waals surface area contributed by atoms with Crippen molar-refractivity contribution in [3.63, 3.8) is 0 Å². The van der Waals surface area contributed by atoms with Crippen LogP contribution in [0.3, 0.4) is 0 Å². The number of aryl methyl sites for hydroxylation is 1. The summed E-state index contributed by atoms with van der Waals surface area (Å²) in [5, 5.41) is 2.58. The van der Waals surface area contributed by atoms with Gasteiger partial charge in [0, 0.05) is 6.42 Å². The van der Waals surface area contributed by atoms with Crippen LogP contribution in [0.15, 0.2) is 24.3 Å². The molecular weight excluding hydrogens is 429 g/mol. The van der Waals surface area contributed by atoms with Gasteiger partial charge in [0.15, 0.2) is 0 Å². The lowest BCUT2D eigenvalue weighted by atomic mass is 10.0. The van der Waals surface area contributed by atoms with E-state index in [0.29, 0.717) is 25.7 Å². The molecule has 1 heterocycles. The van der Waals surface area contributed by atoms with Crippen molar-refractivity contribution in [3.05, 3.63) is 35.6 Å². The summed E-state index contributed by atoms with van der Waals surface area (Å²) in [4.78, 5) is 36.1. The number of hydrogen-bond acceptors (Lipinski definition) is 6. The quantitative estimate of drug-likeness (QED) is 0.507. The summed E-state index contributed by atoms with van der Waals surface area (Å²) in [5.74, 6) is -0.749. The molecule has 8 heteroatoms. The van der Waals surface area contributed by atoms with Crippen molar-refractivity contribution in [2.45, 2.75) is 97.0 Å². The van der Waals surface area contributed by atoms with Crippen molar-refractivity contribution in [2.24, 2.45) is 5.92 Å². The average molecular weight is 466 g/mol. The van der Waals surface area contributed by atoms with Gasteiger partial charge >= 0.3 is 18.0 Å². The average Bonchev–Trinajstić information content (AvgIpc) is 3.53. The summed E-state index contributed by atoms with van der Waals surface area (Å²) in [6.07, 6.45) is 2.71. The fourth-order valence-electron chi connectivity index (χ4n) is 3.28. The molecule has 1 aromatic rings. The summed E-state index contributed by atoms with van der Waals surface area (Å²) in [6, 6.07) is 5.64. The topological polar surface area (TPSA) is 90.9 Å². The summed E-state index contributed by atoms with van der Waals surface area (Å²) < 4.78 is 28.2. The largest absolute Gasteiger partial charge is 0.462 e. The van der Waals surface area contributed by atoms with Gasteiger partial charge in [-0.1, -0.05) is 17.7 Å². The van der Waals surface area contributed by atoms with Crippen molar-refractivity contribution < 1.29 is 33.0 Å². The molecule has 184 valence electrons. The number of cyclic esters (lactones) is 1. The van der Waals surface area contributed by atoms with E-state index >= 15 is 0 Å². The Bertz CT molecular complexity index is 779. The Kier molecular flexibility index (Phi) is 9.68. The van der Waals surface area contributed by atoms with Gasteiger partial charge in [0.2, 0.25) is 0 Å². The van der Waals surface area contributed by atoms with Crippen LogP contribution in [0.5, 0.6) is 0 Å². The number of nitrogens with one attached hydrogen (secondary N) is 1. The molecule has 1 saturated heterocycles. The van der Waals surface area contributed by atoms with Crippen LogP contribution in [0.2, 0.25) is 0 Å². The van der Waals surface area contributed by atoms with Crippen LogP contribution in [0.25, 0.3) is 0 Å². The van der Waals surface area contributed by atoms with Gasteiger partial charge in [-0.25, -0.2) is 14.0 Å². The molecule has 2 aliphatic rings. The molecule has 3 atom stereocenters. The van der Waals surface area contributed by atoms with E-state index in [-0.39, 0.29) is 29.9 Å². The highest BCUT2D eigenvalue weighted by molar-refractivity contribution is 5.81. The molecule has 1 aliphatic carbocycles. The molecule has 2 fully saturated rings. The Morgan fingerprint density at radius 3 is 2.27 bits per heavy atom. The first kappa shape index (κ1) is 26.6. The Labute approximate surface area is 195 Å². The standard InChI is InChI=1S/C18H29NO6.C7H7F/c1-11-10-13(24-15(20)12-8-9-12)6-5-7-14(16(21)23-11)19-17(22)25-18(2,3)4;1-6-2-4-7(8)5-3-6/h11-14H,5-10H2,1-4H3,(H,19,22);2-5H,1H3/t11?,13?,14-;/m0./s1. The number of hydrogen-bond donors (Lipinski definition) is 1. The van der Waals surface area contributed by atoms with Crippen molar-refractivity contribution in [1.82, 2.24) is 5.32 Å². The molecule has 7 nitrogen and oxygen atoms in total. The van der Waals surface area contributed by atoms with Crippen molar-refractivity contribution in [1.29, 1.82) is 0 Å². The molecule has 0 bridgehead atoms. The maximum atomic E-state index is 12.3. The molecule has 1 aromatic carbocycles. The highest BCUT2D eigenvalue weighted by atomic mass is 19.1. The van der Waals surface area contributed by atoms with E-state index in [9.17, 15) is 18.8 Å². The molecule has 1 saturated carbocycles. The van der Waals surface area contributed by atoms with E-state index in [1.165, 1.54) is 12.1 Å². The number of amides is 1. The molecule has 0 spiro atoms. The first-order valence-corrected chi connectivity index (χ1v) is 11.6. The third-order valence-electron chi connectivity index (χ3n) is 5.11. The number of ether oxygens (including phenoxy) is 3. The van der Waals surface area contributed by atoms with E-state index in [1.807, 2.05) is 6.92 Å². The molecule has 3 rings (SSSR count). The van der Waals surface area contributed by atoms with Gasteiger partial charge in [-0.3, -0.25) is 4.79 Å². The van der Waals surface area contributed by atoms with Gasteiger partial charge in [-0.05, 0) is 78.9 Å². The van der Waals surface area contributed by atoms with E-state index in [2.05, 4.69) is 5.32 Å². The van der Waals surface area contributed by atoms with Crippen LogP contribution >= 0.6 is 0 Å². The normalized spacial score (nSPS) is 23.5. The predicted molar refractivity (Wildman–Crippen MR) is 121 cm³/mol. The molecule has 33 heavy (non-hydrogen) atoms. The Hall–Kier alpha value is -2.64. The van der Waals surface area contributed by atoms with Gasteiger partial charge in [0.1, 0.15) is 29.7 Å². The summed E-state index contributed by atoms with van der Waals surface area (Å²) >= 11 is 0. The van der Waals surface area contributed by atoms with Crippen LogP contribution in [0.1, 0.15) is 71.8 Å². The van der Waals surface area contributed by atoms with Gasteiger partial charge in [-0.15, -0.1) is 0 Å². The van der Waals surface area contributed by atoms with Crippen LogP contribution in [-0.4, -0.2) is 41.9 Å². The second-order valence-electron chi connectivity index (χ2n) is 9.74. The predicted octanol–water partition coefficient (Wildman–Crippen LogP) is 4.84. The van der Waals surface area contributed by atoms with Crippen LogP contribution in [0.4, 0.5) is 9.18 Å². The third-order valence-corrected chi connectivity index (χ3v) is 5.11. The zero-order valence-corrected chi connectivity index (χ0v) is 20.2. The van der Waals surface area contributed by atoms with Gasteiger partial charge in [0.25, 0.3) is 0 Å². The Morgan fingerprint density at radius 2 is 1.73 bits per heavy atom. The maximum Gasteiger partial charge on any atom is 0.408 e. The number of halogens is 1. The summed E-state index contributed by atoms with van der Waals surface area (Å²) in [7, 11) is 0. The third kappa shape index (κ3) is 10.7. The monoisotopic (exact) mass is 465 g/mol. The number of alkyl carbamates (subject to hydrolysis) is 1. The zero-order chi connectivity index (χ0) is 24.6. The van der Waals surface area contributed by atoms with Crippen LogP contribution in [0, 0.1) is 18.7 Å². The van der Waals surface area contributed by atoms with Crippen LogP contribution < -0.4 is 5.32 Å². The number of benzene rings is 1. The number of carbonyl (C=O) groups is 3. The minimum atomic E-state index is -0.754. The van der Waals surface area contributed by atoms with Crippen molar-refractivity contribution >= 4 is 18.0 Å². The zero-order valence-electron chi connectivity index (χ0n) is 20.2. The molecule has 1 amide bonds. The molecule has 2 unspecified atom stereocenters. The highest BCUT2D eigenvalue weighted by Crippen LogP contribution is 2.31. The van der Waals surface area contributed by atoms with E-state index < -0.39 is 23.7 Å². The van der Waals surface area contributed by atoms with Crippen LogP contribution in [-0.2, 0) is 23.8 Å². The minimum Gasteiger partial charge on any atom is -0.462 e. The van der Waals surface area contributed by atoms with Gasteiger partial charge in [-0.2, -0.15) is 0 Å². The molecule has 0 aromatic heterocycles. The van der Waals surface area contributed by atoms with Gasteiger partial charge in [0.05, 0.1) is 5.92 Å². The van der Waals surface area contributed by atoms with E-state index in [1.54, 1.807) is 39.8 Å². The van der Waals surface area contributed by atoms with Crippen molar-refractivity contribution in [3.8, 4) is 0 Å². The fourth-order valence-corrected chi connectivity index (χ4v) is 3.28. The number of carbonyl (C=O) groups excluding carboxylic acids is 3. The van der Waals surface area contributed by atoms with E-state index in [0.717, 1.165) is 18.4 Å². The fraction of sp³-hybridized carbons (Fsp3) is 0.640. The lowest BCUT2D eigenvalue weighted by Crippen LogP contribution is -2.44. The number of esters is 2. The Morgan fingerprint density at radius 1 is 1.09 bits per heavy atom. The molecule has 0 radical (unpaired) electrons. The maximum absolute atomic E-state index is 12.3. The molecule has 1 aliphatic heterocycles. The number of rotatable bonds is 3. The summed E-state index contributed by atoms with van der Waals surface area (Å²) in [5.41, 5.74) is 0.452. The first-order valence-electron chi connectivity index (χ1n) is 11.6. The molecular formula is C25H36FNO6. The van der Waals surface area contributed by atoms with Crippen molar-refractivity contribution in [2.75, 3.05) is 0 Å². The smallest absolute Gasteiger partial charge is 0.408 e. The second-order valence-corrected chi connectivity index (χ2v) is 9.74. The minimum absolute atomic E-state index is 0.0482. The summed E-state index contributed by atoms with van der Waals surface area (Å²) in [6.45, 7) is 8.98. The second kappa shape index (κ2) is 12.0. The van der Waals surface area contributed by atoms with Gasteiger partial charge < -0.3 is 19.5 Å².